The van der Waals surface area contributed by atoms with E-state index in [9.17, 15) is 19.2 Å². The van der Waals surface area contributed by atoms with E-state index >= 15 is 0 Å². The molecule has 1 heterocycles. The maximum atomic E-state index is 12.9. The van der Waals surface area contributed by atoms with Crippen LogP contribution < -0.4 is 27.4 Å². The van der Waals surface area contributed by atoms with E-state index in [2.05, 4.69) is 25.9 Å². The van der Waals surface area contributed by atoms with Gasteiger partial charge in [-0.15, -0.1) is 0 Å². The third-order valence-electron chi connectivity index (χ3n) is 4.89. The fraction of sp³-hybridized carbons (Fsp3) is 0.650. The van der Waals surface area contributed by atoms with Crippen LogP contribution in [0.5, 0.6) is 0 Å². The van der Waals surface area contributed by atoms with E-state index in [1.165, 1.54) is 13.3 Å². The number of imidazole rings is 1. The zero-order valence-corrected chi connectivity index (χ0v) is 18.8. The molecule has 0 aliphatic heterocycles. The number of aromatic nitrogens is 2. The van der Waals surface area contributed by atoms with Crippen molar-refractivity contribution in [1.82, 2.24) is 25.9 Å². The molecule has 0 fully saturated rings. The number of nitrogens with two attached hydrogens (primary N) is 2. The third-order valence-corrected chi connectivity index (χ3v) is 4.89. The van der Waals surface area contributed by atoms with Crippen LogP contribution in [0, 0.1) is 5.92 Å². The number of nitrogens with zero attached hydrogens (tertiary/aromatic N) is 1. The Bertz CT molecular complexity index is 754. The van der Waals surface area contributed by atoms with Gasteiger partial charge in [-0.2, -0.15) is 0 Å². The van der Waals surface area contributed by atoms with Crippen LogP contribution in [-0.4, -0.2) is 69.5 Å². The van der Waals surface area contributed by atoms with Crippen molar-refractivity contribution in [1.29, 1.82) is 0 Å². The first-order valence-electron chi connectivity index (χ1n) is 10.6. The number of rotatable bonds is 14. The highest BCUT2D eigenvalue weighted by molar-refractivity contribution is 5.94. The normalized spacial score (nSPS) is 14.8. The first-order chi connectivity index (χ1) is 15.1. The van der Waals surface area contributed by atoms with Crippen molar-refractivity contribution in [3.63, 3.8) is 0 Å². The van der Waals surface area contributed by atoms with Crippen molar-refractivity contribution in [2.24, 2.45) is 17.4 Å². The van der Waals surface area contributed by atoms with E-state index in [4.69, 9.17) is 16.6 Å². The highest BCUT2D eigenvalue weighted by Crippen LogP contribution is 2.07. The van der Waals surface area contributed by atoms with Crippen molar-refractivity contribution in [3.05, 3.63) is 18.2 Å². The predicted molar refractivity (Wildman–Crippen MR) is 117 cm³/mol. The van der Waals surface area contributed by atoms with Crippen molar-refractivity contribution in [2.75, 3.05) is 6.54 Å². The van der Waals surface area contributed by atoms with Gasteiger partial charge >= 0.3 is 5.97 Å². The van der Waals surface area contributed by atoms with Gasteiger partial charge in [-0.05, 0) is 38.6 Å². The topological polar surface area (TPSA) is 205 Å². The molecule has 3 amide bonds. The number of carbonyl (C=O) groups is 4. The molecule has 12 nitrogen and oxygen atoms in total. The number of amides is 3. The second-order valence-electron chi connectivity index (χ2n) is 8.03. The van der Waals surface area contributed by atoms with Gasteiger partial charge in [0.1, 0.15) is 18.1 Å². The van der Waals surface area contributed by atoms with Gasteiger partial charge in [-0.1, -0.05) is 13.8 Å². The highest BCUT2D eigenvalue weighted by Gasteiger charge is 2.30. The molecule has 9 N–H and O–H groups in total. The van der Waals surface area contributed by atoms with Crippen LogP contribution >= 0.6 is 0 Å². The fourth-order valence-electron chi connectivity index (χ4n) is 2.92. The maximum Gasteiger partial charge on any atom is 0.325 e. The number of aliphatic carboxylic acids is 1. The van der Waals surface area contributed by atoms with Gasteiger partial charge in [0.15, 0.2) is 0 Å². The summed E-state index contributed by atoms with van der Waals surface area (Å²) in [7, 11) is 0. The molecule has 1 aromatic rings. The number of carboxylic acid groups (broad SMARTS) is 1. The van der Waals surface area contributed by atoms with Gasteiger partial charge in [0.05, 0.1) is 12.4 Å². The number of carbonyl (C=O) groups excluding carboxylic acids is 3. The van der Waals surface area contributed by atoms with Crippen LogP contribution in [0.15, 0.2) is 12.5 Å². The number of carboxylic acids is 1. The maximum absolute atomic E-state index is 12.9. The summed E-state index contributed by atoms with van der Waals surface area (Å²) in [5.74, 6) is -3.20. The Morgan fingerprint density at radius 2 is 1.75 bits per heavy atom. The summed E-state index contributed by atoms with van der Waals surface area (Å²) in [6.45, 7) is 5.21. The minimum atomic E-state index is -1.19. The summed E-state index contributed by atoms with van der Waals surface area (Å²) < 4.78 is 0. The van der Waals surface area contributed by atoms with E-state index in [-0.39, 0.29) is 12.3 Å². The second kappa shape index (κ2) is 13.4. The van der Waals surface area contributed by atoms with Crippen molar-refractivity contribution < 1.29 is 24.3 Å². The van der Waals surface area contributed by atoms with Crippen LogP contribution in [0.1, 0.15) is 45.7 Å². The van der Waals surface area contributed by atoms with Crippen LogP contribution in [0.3, 0.4) is 0 Å². The van der Waals surface area contributed by atoms with Gasteiger partial charge < -0.3 is 37.5 Å². The molecule has 0 spiro atoms. The number of aromatic amines is 1. The van der Waals surface area contributed by atoms with E-state index in [1.54, 1.807) is 20.0 Å². The zero-order chi connectivity index (χ0) is 24.3. The van der Waals surface area contributed by atoms with Gasteiger partial charge in [0.2, 0.25) is 17.7 Å². The average molecular weight is 454 g/mol. The average Bonchev–Trinajstić information content (AvgIpc) is 3.23. The molecule has 0 aliphatic rings. The van der Waals surface area contributed by atoms with Crippen LogP contribution in [0.4, 0.5) is 0 Å². The largest absolute Gasteiger partial charge is 0.480 e. The number of unbranched alkanes of at least 4 members (excludes halogenated alkanes) is 1. The number of H-pyrrole nitrogens is 1. The quantitative estimate of drug-likeness (QED) is 0.167. The molecule has 0 bridgehead atoms. The highest BCUT2D eigenvalue weighted by atomic mass is 16.4. The van der Waals surface area contributed by atoms with Gasteiger partial charge in [0.25, 0.3) is 0 Å². The molecule has 0 radical (unpaired) electrons. The SMILES string of the molecule is CC(NC(=O)C(NC(=O)C(CCCCN)NC(=O)C(N)Cc1cnc[nH]1)C(C)C)C(=O)O. The van der Waals surface area contributed by atoms with Gasteiger partial charge in [-0.25, -0.2) is 4.98 Å². The molecular weight excluding hydrogens is 418 g/mol. The first-order valence-corrected chi connectivity index (χ1v) is 10.6. The van der Waals surface area contributed by atoms with Crippen LogP contribution in [0.25, 0.3) is 0 Å². The molecule has 0 aliphatic carbocycles. The van der Waals surface area contributed by atoms with E-state index in [0.717, 1.165) is 0 Å². The molecule has 0 saturated carbocycles. The smallest absolute Gasteiger partial charge is 0.325 e. The lowest BCUT2D eigenvalue weighted by Gasteiger charge is -2.26. The molecule has 12 heteroatoms. The number of hydrogen-bond acceptors (Lipinski definition) is 7. The molecule has 1 aromatic heterocycles. The minimum absolute atomic E-state index is 0.215. The summed E-state index contributed by atoms with van der Waals surface area (Å²) >= 11 is 0. The zero-order valence-electron chi connectivity index (χ0n) is 18.8. The Balaban J connectivity index is 2.85. The summed E-state index contributed by atoms with van der Waals surface area (Å²) in [4.78, 5) is 55.8. The Hall–Kier alpha value is -2.99. The molecule has 4 unspecified atom stereocenters. The molecule has 0 saturated heterocycles. The molecular formula is C20H35N7O5. The Kier molecular flexibility index (Phi) is 11.3. The van der Waals surface area contributed by atoms with Crippen molar-refractivity contribution >= 4 is 23.7 Å². The van der Waals surface area contributed by atoms with Crippen LogP contribution in [0.2, 0.25) is 0 Å². The molecule has 32 heavy (non-hydrogen) atoms. The molecule has 0 aromatic carbocycles. The Morgan fingerprint density at radius 1 is 1.06 bits per heavy atom. The lowest BCUT2D eigenvalue weighted by molar-refractivity contribution is -0.142. The van der Waals surface area contributed by atoms with Crippen molar-refractivity contribution in [3.8, 4) is 0 Å². The Labute approximate surface area is 187 Å². The third kappa shape index (κ3) is 9.02. The molecule has 1 rings (SSSR count). The minimum Gasteiger partial charge on any atom is -0.480 e. The van der Waals surface area contributed by atoms with E-state index in [1.807, 2.05) is 0 Å². The van der Waals surface area contributed by atoms with E-state index < -0.39 is 47.9 Å². The summed E-state index contributed by atoms with van der Waals surface area (Å²) in [5, 5.41) is 16.6. The predicted octanol–water partition coefficient (Wildman–Crippen LogP) is -1.38. The molecule has 180 valence electrons. The first kappa shape index (κ1) is 27.0. The van der Waals surface area contributed by atoms with Gasteiger partial charge in [-0.3, -0.25) is 19.2 Å². The lowest BCUT2D eigenvalue weighted by Crippen LogP contribution is -2.58. The number of hydrogen-bond donors (Lipinski definition) is 7. The standard InChI is InChI=1S/C20H35N7O5/c1-11(2)16(19(30)25-12(3)20(31)32)27-18(29)15(6-4-5-7-21)26-17(28)14(22)8-13-9-23-10-24-13/h9-12,14-16H,4-8,21-22H2,1-3H3,(H,23,24)(H,25,30)(H,26,28)(H,27,29)(H,31,32). The van der Waals surface area contributed by atoms with Crippen LogP contribution in [-0.2, 0) is 25.6 Å². The van der Waals surface area contributed by atoms with Gasteiger partial charge in [0, 0.05) is 18.3 Å². The Morgan fingerprint density at radius 3 is 2.28 bits per heavy atom. The molecule has 4 atom stereocenters. The number of nitrogens with one attached hydrogen (secondary N) is 4. The van der Waals surface area contributed by atoms with E-state index in [0.29, 0.717) is 31.5 Å². The fourth-order valence-corrected chi connectivity index (χ4v) is 2.92. The summed E-state index contributed by atoms with van der Waals surface area (Å²) in [6, 6.07) is -3.91. The lowest BCUT2D eigenvalue weighted by atomic mass is 10.0. The van der Waals surface area contributed by atoms with Crippen molar-refractivity contribution in [2.45, 2.75) is 70.6 Å². The summed E-state index contributed by atoms with van der Waals surface area (Å²) in [6.07, 6.45) is 4.80. The monoisotopic (exact) mass is 453 g/mol. The summed E-state index contributed by atoms with van der Waals surface area (Å²) in [5.41, 5.74) is 12.2. The second-order valence-corrected chi connectivity index (χ2v) is 8.03.